The smallest absolute Gasteiger partial charge is 0.140 e. The molecule has 0 amide bonds. The van der Waals surface area contributed by atoms with Crippen LogP contribution in [0.25, 0.3) is 6.08 Å². The van der Waals surface area contributed by atoms with Gasteiger partial charge in [-0.1, -0.05) is 18.2 Å². The molecule has 2 nitrogen and oxygen atoms in total. The molecule has 0 aliphatic rings. The number of rotatable bonds is 3. The van der Waals surface area contributed by atoms with Gasteiger partial charge in [-0.25, -0.2) is 4.39 Å². The van der Waals surface area contributed by atoms with Gasteiger partial charge in [-0.05, 0) is 24.1 Å². The van der Waals surface area contributed by atoms with E-state index in [9.17, 15) is 4.39 Å². The second kappa shape index (κ2) is 5.15. The van der Waals surface area contributed by atoms with Crippen molar-refractivity contribution < 1.29 is 9.50 Å². The zero-order valence-corrected chi connectivity index (χ0v) is 7.57. The fourth-order valence-corrected chi connectivity index (χ4v) is 1.03. The Kier molecular flexibility index (Phi) is 3.84. The van der Waals surface area contributed by atoms with Crippen molar-refractivity contribution in [2.75, 3.05) is 6.61 Å². The Hall–Kier alpha value is -1.66. The topological polar surface area (TPSA) is 44.0 Å². The zero-order chi connectivity index (χ0) is 10.4. The lowest BCUT2D eigenvalue weighted by atomic mass is 10.1. The Morgan fingerprint density at radius 1 is 1.50 bits per heavy atom. The molecule has 0 spiro atoms. The average molecular weight is 191 g/mol. The van der Waals surface area contributed by atoms with E-state index in [1.54, 1.807) is 24.3 Å². The summed E-state index contributed by atoms with van der Waals surface area (Å²) in [7, 11) is 0. The molecule has 0 unspecified atom stereocenters. The first-order chi connectivity index (χ1) is 6.77. The summed E-state index contributed by atoms with van der Waals surface area (Å²) in [5, 5.41) is 17.1. The summed E-state index contributed by atoms with van der Waals surface area (Å²) in [5.74, 6) is -0.508. The minimum atomic E-state index is -0.508. The normalized spacial score (nSPS) is 10.4. The highest BCUT2D eigenvalue weighted by Gasteiger charge is 1.99. The first kappa shape index (κ1) is 10.4. The van der Waals surface area contributed by atoms with E-state index in [2.05, 4.69) is 0 Å². The van der Waals surface area contributed by atoms with Crippen LogP contribution in [0.15, 0.2) is 24.3 Å². The minimum absolute atomic E-state index is 0.0381. The van der Waals surface area contributed by atoms with E-state index in [0.717, 1.165) is 5.56 Å². The van der Waals surface area contributed by atoms with Gasteiger partial charge in [-0.3, -0.25) is 0 Å². The van der Waals surface area contributed by atoms with Crippen molar-refractivity contribution in [3.8, 4) is 6.07 Å². The van der Waals surface area contributed by atoms with Gasteiger partial charge in [0.05, 0.1) is 5.56 Å². The van der Waals surface area contributed by atoms with Gasteiger partial charge >= 0.3 is 0 Å². The maximum Gasteiger partial charge on any atom is 0.140 e. The predicted octanol–water partition coefficient (Wildman–Crippen LogP) is 2.09. The molecule has 0 bridgehead atoms. The molecule has 72 valence electrons. The van der Waals surface area contributed by atoms with Crippen molar-refractivity contribution in [1.82, 2.24) is 0 Å². The Labute approximate surface area is 81.9 Å². The van der Waals surface area contributed by atoms with Crippen LogP contribution in [0, 0.1) is 17.1 Å². The molecular formula is C11H10FNO. The molecule has 14 heavy (non-hydrogen) atoms. The van der Waals surface area contributed by atoms with Crippen LogP contribution in [0.2, 0.25) is 0 Å². The van der Waals surface area contributed by atoms with E-state index in [1.165, 1.54) is 12.1 Å². The van der Waals surface area contributed by atoms with Gasteiger partial charge in [-0.2, -0.15) is 5.26 Å². The van der Waals surface area contributed by atoms with E-state index in [1.807, 2.05) is 0 Å². The van der Waals surface area contributed by atoms with Gasteiger partial charge in [0.15, 0.2) is 0 Å². The lowest BCUT2D eigenvalue weighted by molar-refractivity contribution is 0.303. The molecular weight excluding hydrogens is 181 g/mol. The molecule has 3 heteroatoms. The van der Waals surface area contributed by atoms with Crippen LogP contribution in [0.3, 0.4) is 0 Å². The van der Waals surface area contributed by atoms with E-state index >= 15 is 0 Å². The molecule has 0 heterocycles. The molecule has 1 rings (SSSR count). The highest BCUT2D eigenvalue weighted by molar-refractivity contribution is 5.52. The van der Waals surface area contributed by atoms with Crippen LogP contribution in [0.1, 0.15) is 17.5 Å². The molecule has 0 saturated heterocycles. The maximum atomic E-state index is 12.9. The standard InChI is InChI=1S/C11H10FNO/c12-11-5-4-9(3-1-2-6-14)7-10(11)8-13/h1,3-5,7,14H,2,6H2. The summed E-state index contributed by atoms with van der Waals surface area (Å²) in [5.41, 5.74) is 0.799. The molecule has 0 aromatic heterocycles. The fraction of sp³-hybridized carbons (Fsp3) is 0.182. The Bertz CT molecular complexity index is 379. The molecule has 0 fully saturated rings. The lowest BCUT2D eigenvalue weighted by Crippen LogP contribution is -1.84. The van der Waals surface area contributed by atoms with Crippen LogP contribution >= 0.6 is 0 Å². The fourth-order valence-electron chi connectivity index (χ4n) is 1.03. The molecule has 0 atom stereocenters. The molecule has 0 aliphatic heterocycles. The molecule has 0 aliphatic carbocycles. The summed E-state index contributed by atoms with van der Waals surface area (Å²) < 4.78 is 12.9. The summed E-state index contributed by atoms with van der Waals surface area (Å²) in [6.07, 6.45) is 4.07. The minimum Gasteiger partial charge on any atom is -0.396 e. The largest absolute Gasteiger partial charge is 0.396 e. The van der Waals surface area contributed by atoms with Crippen molar-refractivity contribution in [3.63, 3.8) is 0 Å². The van der Waals surface area contributed by atoms with Crippen LogP contribution < -0.4 is 0 Å². The molecule has 1 aromatic carbocycles. The summed E-state index contributed by atoms with van der Waals surface area (Å²) >= 11 is 0. The highest BCUT2D eigenvalue weighted by Crippen LogP contribution is 2.10. The second-order valence-electron chi connectivity index (χ2n) is 2.77. The number of aliphatic hydroxyl groups is 1. The van der Waals surface area contributed by atoms with Crippen molar-refractivity contribution in [3.05, 3.63) is 41.2 Å². The SMILES string of the molecule is N#Cc1cc(C=CCCO)ccc1F. The lowest BCUT2D eigenvalue weighted by Gasteiger charge is -1.95. The number of hydrogen-bond acceptors (Lipinski definition) is 2. The van der Waals surface area contributed by atoms with Gasteiger partial charge < -0.3 is 5.11 Å². The monoisotopic (exact) mass is 191 g/mol. The number of nitriles is 1. The van der Waals surface area contributed by atoms with Gasteiger partial charge in [0.25, 0.3) is 0 Å². The van der Waals surface area contributed by atoms with Crippen molar-refractivity contribution in [1.29, 1.82) is 5.26 Å². The summed E-state index contributed by atoms with van der Waals surface area (Å²) in [4.78, 5) is 0. The van der Waals surface area contributed by atoms with E-state index in [0.29, 0.717) is 6.42 Å². The van der Waals surface area contributed by atoms with E-state index in [-0.39, 0.29) is 12.2 Å². The van der Waals surface area contributed by atoms with Gasteiger partial charge in [0, 0.05) is 6.61 Å². The first-order valence-corrected chi connectivity index (χ1v) is 4.25. The van der Waals surface area contributed by atoms with Gasteiger partial charge in [-0.15, -0.1) is 0 Å². The Balaban J connectivity index is 2.86. The van der Waals surface area contributed by atoms with Crippen molar-refractivity contribution >= 4 is 6.08 Å². The third-order valence-corrected chi connectivity index (χ3v) is 1.72. The van der Waals surface area contributed by atoms with Crippen LogP contribution in [0.4, 0.5) is 4.39 Å². The molecule has 1 aromatic rings. The van der Waals surface area contributed by atoms with Crippen LogP contribution in [-0.2, 0) is 0 Å². The van der Waals surface area contributed by atoms with Gasteiger partial charge in [0.1, 0.15) is 11.9 Å². The van der Waals surface area contributed by atoms with Crippen LogP contribution in [-0.4, -0.2) is 11.7 Å². The highest BCUT2D eigenvalue weighted by atomic mass is 19.1. The van der Waals surface area contributed by atoms with Crippen LogP contribution in [0.5, 0.6) is 0 Å². The van der Waals surface area contributed by atoms with Gasteiger partial charge in [0.2, 0.25) is 0 Å². The third kappa shape index (κ3) is 2.68. The molecule has 0 saturated carbocycles. The quantitative estimate of drug-likeness (QED) is 0.795. The van der Waals surface area contributed by atoms with E-state index in [4.69, 9.17) is 10.4 Å². The average Bonchev–Trinajstić information content (AvgIpc) is 2.21. The summed E-state index contributed by atoms with van der Waals surface area (Å²) in [6.45, 7) is 0.0861. The Morgan fingerprint density at radius 2 is 2.29 bits per heavy atom. The number of hydrogen-bond donors (Lipinski definition) is 1. The number of benzene rings is 1. The first-order valence-electron chi connectivity index (χ1n) is 4.25. The number of aliphatic hydroxyl groups excluding tert-OH is 1. The van der Waals surface area contributed by atoms with Crippen molar-refractivity contribution in [2.24, 2.45) is 0 Å². The maximum absolute atomic E-state index is 12.9. The zero-order valence-electron chi connectivity index (χ0n) is 7.57. The van der Waals surface area contributed by atoms with Crippen molar-refractivity contribution in [2.45, 2.75) is 6.42 Å². The number of halogens is 1. The molecule has 0 radical (unpaired) electrons. The Morgan fingerprint density at radius 3 is 2.93 bits per heavy atom. The predicted molar refractivity (Wildman–Crippen MR) is 51.9 cm³/mol. The van der Waals surface area contributed by atoms with E-state index < -0.39 is 5.82 Å². The second-order valence-corrected chi connectivity index (χ2v) is 2.77. The molecule has 1 N–H and O–H groups in total. The number of nitrogens with zero attached hydrogens (tertiary/aromatic N) is 1. The third-order valence-electron chi connectivity index (χ3n) is 1.72. The summed E-state index contributed by atoms with van der Waals surface area (Å²) in [6, 6.07) is 6.09.